The third-order valence-electron chi connectivity index (χ3n) is 3.71. The van der Waals surface area contributed by atoms with Crippen LogP contribution in [0.5, 0.6) is 0 Å². The van der Waals surface area contributed by atoms with E-state index in [1.165, 1.54) is 11.1 Å². The molecule has 110 valence electrons. The van der Waals surface area contributed by atoms with Gasteiger partial charge in [-0.05, 0) is 18.1 Å². The monoisotopic (exact) mass is 286 g/mol. The van der Waals surface area contributed by atoms with E-state index in [2.05, 4.69) is 17.3 Å². The van der Waals surface area contributed by atoms with E-state index in [4.69, 9.17) is 9.26 Å². The van der Waals surface area contributed by atoms with E-state index < -0.39 is 0 Å². The number of hydrogen-bond acceptors (Lipinski definition) is 4. The van der Waals surface area contributed by atoms with Crippen LogP contribution in [0.1, 0.15) is 27.4 Å². The highest BCUT2D eigenvalue weighted by Crippen LogP contribution is 2.21. The molecule has 1 amide bonds. The number of nitrogens with zero attached hydrogens (tertiary/aromatic N) is 2. The fourth-order valence-electron chi connectivity index (χ4n) is 2.58. The molecule has 1 aliphatic heterocycles. The summed E-state index contributed by atoms with van der Waals surface area (Å²) < 4.78 is 10.8. The Bertz CT molecular complexity index is 650. The van der Waals surface area contributed by atoms with Gasteiger partial charge in [-0.2, -0.15) is 0 Å². The van der Waals surface area contributed by atoms with Crippen LogP contribution in [0.2, 0.25) is 0 Å². The van der Waals surface area contributed by atoms with Crippen molar-refractivity contribution in [2.45, 2.75) is 26.1 Å². The predicted molar refractivity (Wildman–Crippen MR) is 76.9 cm³/mol. The number of rotatable bonds is 3. The average molecular weight is 286 g/mol. The highest BCUT2D eigenvalue weighted by atomic mass is 16.5. The summed E-state index contributed by atoms with van der Waals surface area (Å²) in [6, 6.07) is 9.90. The van der Waals surface area contributed by atoms with Crippen LogP contribution < -0.4 is 0 Å². The first-order valence-electron chi connectivity index (χ1n) is 7.00. The lowest BCUT2D eigenvalue weighted by Crippen LogP contribution is -2.38. The molecule has 0 N–H and O–H groups in total. The van der Waals surface area contributed by atoms with Crippen molar-refractivity contribution in [3.8, 4) is 0 Å². The Hall–Kier alpha value is -2.14. The van der Waals surface area contributed by atoms with Crippen molar-refractivity contribution in [2.75, 3.05) is 13.6 Å². The van der Waals surface area contributed by atoms with Gasteiger partial charge >= 0.3 is 0 Å². The number of aromatic nitrogens is 1. The average Bonchev–Trinajstić information content (AvgIpc) is 2.93. The zero-order chi connectivity index (χ0) is 14.8. The van der Waals surface area contributed by atoms with E-state index in [1.54, 1.807) is 24.9 Å². The van der Waals surface area contributed by atoms with Crippen molar-refractivity contribution in [1.29, 1.82) is 0 Å². The maximum absolute atomic E-state index is 12.2. The summed E-state index contributed by atoms with van der Waals surface area (Å²) in [5.41, 5.74) is 2.87. The van der Waals surface area contributed by atoms with Crippen LogP contribution in [-0.2, 0) is 17.8 Å². The van der Waals surface area contributed by atoms with E-state index in [0.717, 1.165) is 6.42 Å². The summed E-state index contributed by atoms with van der Waals surface area (Å²) in [5, 5.41) is 3.76. The maximum Gasteiger partial charge on any atom is 0.275 e. The van der Waals surface area contributed by atoms with Crippen LogP contribution in [-0.4, -0.2) is 35.7 Å². The molecule has 1 aromatic carbocycles. The number of likely N-dealkylation sites (N-methyl/N-ethyl adjacent to an activating group) is 1. The molecule has 2 heterocycles. The minimum atomic E-state index is -0.144. The Morgan fingerprint density at radius 3 is 2.86 bits per heavy atom. The Morgan fingerprint density at radius 1 is 1.38 bits per heavy atom. The Kier molecular flexibility index (Phi) is 3.75. The topological polar surface area (TPSA) is 55.6 Å². The molecular formula is C16H18N2O3. The SMILES string of the molecule is Cc1cc(C(=O)N(C)C[C@@H]2Cc3ccccc3CO2)no1. The molecule has 1 aromatic heterocycles. The molecule has 0 saturated heterocycles. The van der Waals surface area contributed by atoms with Gasteiger partial charge in [0.05, 0.1) is 12.7 Å². The summed E-state index contributed by atoms with van der Waals surface area (Å²) in [5.74, 6) is 0.490. The van der Waals surface area contributed by atoms with Gasteiger partial charge in [-0.1, -0.05) is 29.4 Å². The third-order valence-corrected chi connectivity index (χ3v) is 3.71. The fourth-order valence-corrected chi connectivity index (χ4v) is 2.58. The van der Waals surface area contributed by atoms with Crippen molar-refractivity contribution >= 4 is 5.91 Å². The Labute approximate surface area is 123 Å². The summed E-state index contributed by atoms with van der Waals surface area (Å²) in [4.78, 5) is 13.9. The van der Waals surface area contributed by atoms with Gasteiger partial charge in [-0.25, -0.2) is 0 Å². The number of hydrogen-bond donors (Lipinski definition) is 0. The normalized spacial score (nSPS) is 17.3. The first-order chi connectivity index (χ1) is 10.1. The second-order valence-corrected chi connectivity index (χ2v) is 5.41. The molecule has 3 rings (SSSR count). The van der Waals surface area contributed by atoms with E-state index in [-0.39, 0.29) is 12.0 Å². The molecule has 2 aromatic rings. The van der Waals surface area contributed by atoms with Crippen LogP contribution in [0.3, 0.4) is 0 Å². The maximum atomic E-state index is 12.2. The molecule has 0 bridgehead atoms. The van der Waals surface area contributed by atoms with Crippen LogP contribution in [0.15, 0.2) is 34.9 Å². The molecule has 0 saturated carbocycles. The first kappa shape index (κ1) is 13.8. The van der Waals surface area contributed by atoms with E-state index in [1.807, 2.05) is 12.1 Å². The van der Waals surface area contributed by atoms with Crippen LogP contribution in [0.4, 0.5) is 0 Å². The van der Waals surface area contributed by atoms with Gasteiger partial charge in [0.25, 0.3) is 5.91 Å². The van der Waals surface area contributed by atoms with Crippen LogP contribution in [0.25, 0.3) is 0 Å². The summed E-state index contributed by atoms with van der Waals surface area (Å²) in [7, 11) is 1.76. The second kappa shape index (κ2) is 5.69. The van der Waals surface area contributed by atoms with E-state index in [9.17, 15) is 4.79 Å². The van der Waals surface area contributed by atoms with E-state index >= 15 is 0 Å². The lowest BCUT2D eigenvalue weighted by atomic mass is 9.99. The summed E-state index contributed by atoms with van der Waals surface area (Å²) in [6.07, 6.45) is 0.841. The van der Waals surface area contributed by atoms with Gasteiger partial charge in [0, 0.05) is 26.1 Å². The van der Waals surface area contributed by atoms with Gasteiger partial charge in [0.1, 0.15) is 5.76 Å². The molecule has 1 atom stereocenters. The molecule has 5 nitrogen and oxygen atoms in total. The predicted octanol–water partition coefficient (Wildman–Crippen LogP) is 2.20. The second-order valence-electron chi connectivity index (χ2n) is 5.41. The van der Waals surface area contributed by atoms with Crippen molar-refractivity contribution in [2.24, 2.45) is 0 Å². The van der Waals surface area contributed by atoms with Crippen molar-refractivity contribution in [3.05, 3.63) is 52.9 Å². The lowest BCUT2D eigenvalue weighted by Gasteiger charge is -2.28. The quantitative estimate of drug-likeness (QED) is 0.868. The zero-order valence-corrected chi connectivity index (χ0v) is 12.2. The molecule has 0 aliphatic carbocycles. The highest BCUT2D eigenvalue weighted by molar-refractivity contribution is 5.92. The third kappa shape index (κ3) is 2.97. The minimum absolute atomic E-state index is 0.0156. The largest absolute Gasteiger partial charge is 0.371 e. The molecule has 0 unspecified atom stereocenters. The van der Waals surface area contributed by atoms with Crippen molar-refractivity contribution < 1.29 is 14.1 Å². The van der Waals surface area contributed by atoms with Gasteiger partial charge in [-0.3, -0.25) is 4.79 Å². The van der Waals surface area contributed by atoms with Gasteiger partial charge < -0.3 is 14.2 Å². The highest BCUT2D eigenvalue weighted by Gasteiger charge is 2.23. The molecule has 21 heavy (non-hydrogen) atoms. The molecule has 1 aliphatic rings. The zero-order valence-electron chi connectivity index (χ0n) is 12.2. The molecule has 5 heteroatoms. The molecule has 0 spiro atoms. The van der Waals surface area contributed by atoms with Gasteiger partial charge in [0.15, 0.2) is 5.69 Å². The summed E-state index contributed by atoms with van der Waals surface area (Å²) in [6.45, 7) is 2.91. The lowest BCUT2D eigenvalue weighted by molar-refractivity contribution is 0.00964. The Morgan fingerprint density at radius 2 is 2.14 bits per heavy atom. The summed E-state index contributed by atoms with van der Waals surface area (Å²) >= 11 is 0. The standard InChI is InChI=1S/C16H18N2O3/c1-11-7-15(17-21-11)16(19)18(2)9-14-8-12-5-3-4-6-13(12)10-20-14/h3-7,14H,8-10H2,1-2H3/t14-/m0/s1. The fraction of sp³-hybridized carbons (Fsp3) is 0.375. The number of carbonyl (C=O) groups excluding carboxylic acids is 1. The minimum Gasteiger partial charge on any atom is -0.371 e. The molecule has 0 radical (unpaired) electrons. The first-order valence-corrected chi connectivity index (χ1v) is 7.00. The Balaban J connectivity index is 1.63. The van der Waals surface area contributed by atoms with Crippen LogP contribution in [0, 0.1) is 6.92 Å². The number of benzene rings is 1. The molecular weight excluding hydrogens is 268 g/mol. The number of carbonyl (C=O) groups is 1. The van der Waals surface area contributed by atoms with Gasteiger partial charge in [0.2, 0.25) is 0 Å². The number of fused-ring (bicyclic) bond motifs is 1. The molecule has 0 fully saturated rings. The van der Waals surface area contributed by atoms with Crippen molar-refractivity contribution in [1.82, 2.24) is 10.1 Å². The number of ether oxygens (including phenoxy) is 1. The van der Waals surface area contributed by atoms with Crippen LogP contribution >= 0.6 is 0 Å². The number of aryl methyl sites for hydroxylation is 1. The number of amides is 1. The van der Waals surface area contributed by atoms with Gasteiger partial charge in [-0.15, -0.1) is 0 Å². The van der Waals surface area contributed by atoms with Crippen molar-refractivity contribution in [3.63, 3.8) is 0 Å². The van der Waals surface area contributed by atoms with E-state index in [0.29, 0.717) is 24.6 Å². The smallest absolute Gasteiger partial charge is 0.275 e.